The first-order valence-electron chi connectivity index (χ1n) is 7.31. The van der Waals surface area contributed by atoms with Gasteiger partial charge in [-0.05, 0) is 54.5 Å². The van der Waals surface area contributed by atoms with Crippen LogP contribution >= 0.6 is 23.4 Å². The summed E-state index contributed by atoms with van der Waals surface area (Å²) >= 11 is 7.54. The van der Waals surface area contributed by atoms with Crippen molar-refractivity contribution in [1.82, 2.24) is 4.98 Å². The quantitative estimate of drug-likeness (QED) is 0.635. The summed E-state index contributed by atoms with van der Waals surface area (Å²) in [6.07, 6.45) is 5.38. The van der Waals surface area contributed by atoms with Crippen molar-refractivity contribution in [2.45, 2.75) is 36.5 Å². The van der Waals surface area contributed by atoms with Crippen molar-refractivity contribution in [1.29, 1.82) is 5.41 Å². The van der Waals surface area contributed by atoms with Gasteiger partial charge in [0.1, 0.15) is 5.03 Å². The zero-order valence-corrected chi connectivity index (χ0v) is 13.7. The number of aromatic nitrogens is 1. The van der Waals surface area contributed by atoms with Gasteiger partial charge >= 0.3 is 0 Å². The molecule has 2 N–H and O–H groups in total. The number of benzene rings is 1. The molecule has 1 aromatic carbocycles. The average Bonchev–Trinajstić information content (AvgIpc) is 2.54. The van der Waals surface area contributed by atoms with E-state index in [0.717, 1.165) is 47.0 Å². The maximum atomic E-state index is 10.1. The van der Waals surface area contributed by atoms with Crippen LogP contribution in [0.5, 0.6) is 5.88 Å². The van der Waals surface area contributed by atoms with Crippen LogP contribution in [0.15, 0.2) is 29.3 Å². The minimum Gasteiger partial charge on any atom is -0.493 e. The van der Waals surface area contributed by atoms with Crippen LogP contribution in [0.1, 0.15) is 35.1 Å². The van der Waals surface area contributed by atoms with E-state index in [1.54, 1.807) is 11.8 Å². The zero-order valence-electron chi connectivity index (χ0n) is 12.1. The second-order valence-electron chi connectivity index (χ2n) is 5.38. The summed E-state index contributed by atoms with van der Waals surface area (Å²) in [6, 6.07) is 7.78. The highest BCUT2D eigenvalue weighted by molar-refractivity contribution is 7.98. The highest BCUT2D eigenvalue weighted by Crippen LogP contribution is 2.36. The second kappa shape index (κ2) is 6.71. The van der Waals surface area contributed by atoms with Crippen molar-refractivity contribution in [3.05, 3.63) is 51.5 Å². The number of pyridine rings is 1. The standard InChI is InChI=1S/C17H17ClN2OS/c18-12-7-5-11(6-8-12)10-22-17-14-4-2-1-3-13(14)15(9-19)16(21)20-17/h5-9,19H,1-4,10H2,(H,20,21). The van der Waals surface area contributed by atoms with Gasteiger partial charge in [0.15, 0.2) is 0 Å². The minimum absolute atomic E-state index is 0.0192. The largest absolute Gasteiger partial charge is 0.493 e. The van der Waals surface area contributed by atoms with Crippen LogP contribution in [0, 0.1) is 5.41 Å². The van der Waals surface area contributed by atoms with Gasteiger partial charge in [-0.1, -0.05) is 23.7 Å². The third-order valence-corrected chi connectivity index (χ3v) is 5.27. The molecule has 0 fully saturated rings. The van der Waals surface area contributed by atoms with Crippen LogP contribution in [-0.2, 0) is 18.6 Å². The molecule has 0 amide bonds. The first kappa shape index (κ1) is 15.4. The summed E-state index contributed by atoms with van der Waals surface area (Å²) in [4.78, 5) is 4.33. The number of hydrogen-bond acceptors (Lipinski definition) is 4. The molecular formula is C17H17ClN2OS. The molecule has 3 nitrogen and oxygen atoms in total. The van der Waals surface area contributed by atoms with E-state index >= 15 is 0 Å². The highest BCUT2D eigenvalue weighted by atomic mass is 35.5. The lowest BCUT2D eigenvalue weighted by Crippen LogP contribution is -2.10. The lowest BCUT2D eigenvalue weighted by atomic mass is 9.90. The van der Waals surface area contributed by atoms with Gasteiger partial charge < -0.3 is 10.5 Å². The minimum atomic E-state index is -0.0192. The molecule has 1 aliphatic carbocycles. The van der Waals surface area contributed by atoms with Gasteiger partial charge in [-0.25, -0.2) is 4.98 Å². The molecule has 1 aromatic heterocycles. The number of rotatable bonds is 4. The molecule has 1 heterocycles. The lowest BCUT2D eigenvalue weighted by molar-refractivity contribution is 0.443. The third-order valence-electron chi connectivity index (χ3n) is 3.93. The molecule has 1 aliphatic rings. The fourth-order valence-electron chi connectivity index (χ4n) is 2.80. The van der Waals surface area contributed by atoms with E-state index in [1.807, 2.05) is 24.3 Å². The number of aromatic hydroxyl groups is 1. The van der Waals surface area contributed by atoms with E-state index in [9.17, 15) is 5.11 Å². The molecule has 0 saturated heterocycles. The third kappa shape index (κ3) is 3.13. The fraction of sp³-hybridized carbons (Fsp3) is 0.294. The maximum absolute atomic E-state index is 10.1. The van der Waals surface area contributed by atoms with Crippen LogP contribution in [-0.4, -0.2) is 16.3 Å². The second-order valence-corrected chi connectivity index (χ2v) is 6.78. The first-order chi connectivity index (χ1) is 10.7. The Labute approximate surface area is 139 Å². The molecular weight excluding hydrogens is 316 g/mol. The number of halogens is 1. The molecule has 0 atom stereocenters. The van der Waals surface area contributed by atoms with Crippen LogP contribution in [0.4, 0.5) is 0 Å². The van der Waals surface area contributed by atoms with E-state index in [4.69, 9.17) is 17.0 Å². The Hall–Kier alpha value is -1.52. The van der Waals surface area contributed by atoms with Crippen LogP contribution in [0.3, 0.4) is 0 Å². The van der Waals surface area contributed by atoms with Gasteiger partial charge in [0.2, 0.25) is 5.88 Å². The number of thioether (sulfide) groups is 1. The Kier molecular flexibility index (Phi) is 4.69. The smallest absolute Gasteiger partial charge is 0.221 e. The number of hydrogen-bond donors (Lipinski definition) is 2. The van der Waals surface area contributed by atoms with Crippen LogP contribution in [0.25, 0.3) is 0 Å². The first-order valence-corrected chi connectivity index (χ1v) is 8.68. The molecule has 3 rings (SSSR count). The molecule has 22 heavy (non-hydrogen) atoms. The topological polar surface area (TPSA) is 57.0 Å². The number of nitrogens with one attached hydrogen (secondary N) is 1. The Morgan fingerprint density at radius 3 is 2.55 bits per heavy atom. The van der Waals surface area contributed by atoms with E-state index in [0.29, 0.717) is 5.56 Å². The van der Waals surface area contributed by atoms with E-state index in [2.05, 4.69) is 4.98 Å². The highest BCUT2D eigenvalue weighted by Gasteiger charge is 2.21. The summed E-state index contributed by atoms with van der Waals surface area (Å²) in [5.41, 5.74) is 4.08. The average molecular weight is 333 g/mol. The Bertz CT molecular complexity index is 701. The summed E-state index contributed by atoms with van der Waals surface area (Å²) in [5.74, 6) is 0.772. The molecule has 0 aliphatic heterocycles. The molecule has 0 unspecified atom stereocenters. The maximum Gasteiger partial charge on any atom is 0.221 e. The van der Waals surface area contributed by atoms with Gasteiger partial charge in [0, 0.05) is 17.0 Å². The molecule has 0 saturated carbocycles. The summed E-state index contributed by atoms with van der Waals surface area (Å²) < 4.78 is 0. The van der Waals surface area contributed by atoms with Crippen LogP contribution in [0.2, 0.25) is 5.02 Å². The number of nitrogens with zero attached hydrogens (tertiary/aromatic N) is 1. The molecule has 0 radical (unpaired) electrons. The van der Waals surface area contributed by atoms with Gasteiger partial charge in [0.25, 0.3) is 0 Å². The molecule has 5 heteroatoms. The fourth-order valence-corrected chi connectivity index (χ4v) is 3.97. The molecule has 0 spiro atoms. The van der Waals surface area contributed by atoms with Gasteiger partial charge in [-0.15, -0.1) is 11.8 Å². The van der Waals surface area contributed by atoms with E-state index in [1.165, 1.54) is 17.3 Å². The van der Waals surface area contributed by atoms with Gasteiger partial charge in [0.05, 0.1) is 5.56 Å². The van der Waals surface area contributed by atoms with Crippen molar-refractivity contribution < 1.29 is 5.11 Å². The Balaban J connectivity index is 1.88. The monoisotopic (exact) mass is 332 g/mol. The predicted molar refractivity (Wildman–Crippen MR) is 91.4 cm³/mol. The van der Waals surface area contributed by atoms with Crippen molar-refractivity contribution in [3.63, 3.8) is 0 Å². The molecule has 114 valence electrons. The Morgan fingerprint density at radius 2 is 1.86 bits per heavy atom. The predicted octanol–water partition coefficient (Wildman–Crippen LogP) is 4.61. The Morgan fingerprint density at radius 1 is 1.18 bits per heavy atom. The summed E-state index contributed by atoms with van der Waals surface area (Å²) in [5, 5.41) is 19.2. The van der Waals surface area contributed by atoms with Crippen LogP contribution < -0.4 is 0 Å². The van der Waals surface area contributed by atoms with Gasteiger partial charge in [-0.2, -0.15) is 0 Å². The molecule has 2 aromatic rings. The van der Waals surface area contributed by atoms with Gasteiger partial charge in [-0.3, -0.25) is 0 Å². The summed E-state index contributed by atoms with van der Waals surface area (Å²) in [6.45, 7) is 0. The lowest BCUT2D eigenvalue weighted by Gasteiger charge is -2.21. The van der Waals surface area contributed by atoms with E-state index < -0.39 is 0 Å². The van der Waals surface area contributed by atoms with Crippen molar-refractivity contribution >= 4 is 29.6 Å². The zero-order chi connectivity index (χ0) is 15.5. The molecule has 0 bridgehead atoms. The summed E-state index contributed by atoms with van der Waals surface area (Å²) in [7, 11) is 0. The number of fused-ring (bicyclic) bond motifs is 1. The normalized spacial score (nSPS) is 13.7. The van der Waals surface area contributed by atoms with Crippen molar-refractivity contribution in [3.8, 4) is 5.88 Å². The SMILES string of the molecule is N=Cc1c(O)nc(SCc2ccc(Cl)cc2)c2c1CCCC2. The van der Waals surface area contributed by atoms with Crippen molar-refractivity contribution in [2.75, 3.05) is 0 Å². The van der Waals surface area contributed by atoms with E-state index in [-0.39, 0.29) is 5.88 Å². The van der Waals surface area contributed by atoms with Crippen molar-refractivity contribution in [2.24, 2.45) is 0 Å².